The third-order valence-electron chi connectivity index (χ3n) is 11.3. The van der Waals surface area contributed by atoms with Gasteiger partial charge in [0.1, 0.15) is 29.3 Å². The highest BCUT2D eigenvalue weighted by molar-refractivity contribution is 6.07. The van der Waals surface area contributed by atoms with Crippen molar-refractivity contribution in [2.24, 2.45) is 0 Å². The number of imide groups is 1. The molecule has 1 aliphatic carbocycles. The summed E-state index contributed by atoms with van der Waals surface area (Å²) in [4.78, 5) is 91.3. The van der Waals surface area contributed by atoms with Crippen LogP contribution in [-0.4, -0.2) is 89.1 Å². The topological polar surface area (TPSA) is 183 Å². The summed E-state index contributed by atoms with van der Waals surface area (Å²) in [5, 5.41) is 8.12. The third kappa shape index (κ3) is 8.43. The first kappa shape index (κ1) is 41.1. The van der Waals surface area contributed by atoms with Crippen LogP contribution in [0.15, 0.2) is 42.6 Å². The zero-order valence-corrected chi connectivity index (χ0v) is 33.3. The molecule has 302 valence electrons. The largest absolute Gasteiger partial charge is 0.496 e. The van der Waals surface area contributed by atoms with Crippen LogP contribution >= 0.6 is 12.4 Å². The van der Waals surface area contributed by atoms with E-state index in [1.165, 1.54) is 4.90 Å². The minimum atomic E-state index is -0.737. The summed E-state index contributed by atoms with van der Waals surface area (Å²) in [6, 6.07) is 9.65. The number of carbonyl (C=O) groups excluding carboxylic acids is 6. The highest BCUT2D eigenvalue weighted by atomic mass is 35.5. The molecule has 1 saturated heterocycles. The Morgan fingerprint density at radius 1 is 1.04 bits per heavy atom. The van der Waals surface area contributed by atoms with E-state index in [0.717, 1.165) is 37.1 Å². The van der Waals surface area contributed by atoms with Crippen molar-refractivity contribution in [3.8, 4) is 5.75 Å². The van der Waals surface area contributed by atoms with E-state index in [9.17, 15) is 28.8 Å². The molecule has 7 rings (SSSR count). The molecule has 3 aliphatic heterocycles. The lowest BCUT2D eigenvalue weighted by molar-refractivity contribution is -0.137. The van der Waals surface area contributed by atoms with Gasteiger partial charge in [-0.05, 0) is 62.8 Å². The van der Waals surface area contributed by atoms with Gasteiger partial charge in [-0.1, -0.05) is 31.9 Å². The second kappa shape index (κ2) is 17.7. The number of amides is 6. The molecule has 1 unspecified atom stereocenters. The zero-order valence-electron chi connectivity index (χ0n) is 32.5. The highest BCUT2D eigenvalue weighted by Crippen LogP contribution is 2.40. The van der Waals surface area contributed by atoms with E-state index >= 15 is 0 Å². The number of halogens is 1. The molecule has 0 bridgehead atoms. The number of unbranched alkanes of at least 4 members (excludes halogenated alkanes) is 1. The van der Waals surface area contributed by atoms with Gasteiger partial charge >= 0.3 is 0 Å². The summed E-state index contributed by atoms with van der Waals surface area (Å²) in [7, 11) is 3.34. The lowest BCUT2D eigenvalue weighted by Gasteiger charge is -2.43. The summed E-state index contributed by atoms with van der Waals surface area (Å²) < 4.78 is 5.69. The van der Waals surface area contributed by atoms with Crippen LogP contribution in [0.4, 0.5) is 17.2 Å². The molecular formula is C41H49ClN8O7. The van der Waals surface area contributed by atoms with E-state index in [-0.39, 0.29) is 79.8 Å². The first-order valence-corrected chi connectivity index (χ1v) is 19.5. The molecule has 1 aromatic heterocycles. The molecule has 2 fully saturated rings. The van der Waals surface area contributed by atoms with Gasteiger partial charge in [0, 0.05) is 73.4 Å². The predicted octanol–water partition coefficient (Wildman–Crippen LogP) is 4.30. The normalized spacial score (nSPS) is 19.2. The minimum Gasteiger partial charge on any atom is -0.496 e. The number of anilines is 3. The SMILES string of the molecule is CC[C@@H]1C(=O)N(C)c2cnc(Cc3ccc(C(=O)NCCCCC(=O)Nc4cccc5c4CN(C4CCC(=O)NC4=O)C5=O)cc3OC)nc2N1C1CCCC1.Cl. The number of ether oxygens (including phenoxy) is 1. The standard InChI is InChI=1S/C41H48N8O7.ClH/c1-4-30-41(55)47(2)32-22-43-34(45-37(32)49(30)26-10-5-6-11-26)21-24-15-16-25(20-33(24)56-3)38(52)42-19-8-7-14-35(50)44-29-13-9-12-27-28(29)23-48(40(27)54)31-17-18-36(51)46-39(31)53;/h9,12-13,15-16,20,22,26,30-31H,4-8,10-11,14,17-19,21,23H2,1-3H3,(H,42,52)(H,44,50)(H,46,51,53);1H/t30-,31?;/m1./s1. The van der Waals surface area contributed by atoms with E-state index in [1.54, 1.807) is 55.6 Å². The van der Waals surface area contributed by atoms with Crippen LogP contribution in [-0.2, 0) is 32.1 Å². The Balaban J connectivity index is 0.00000549. The van der Waals surface area contributed by atoms with Crippen molar-refractivity contribution >= 4 is 65.0 Å². The van der Waals surface area contributed by atoms with Crippen LogP contribution in [0.2, 0.25) is 0 Å². The van der Waals surface area contributed by atoms with Gasteiger partial charge in [0.05, 0.1) is 13.3 Å². The van der Waals surface area contributed by atoms with Crippen LogP contribution in [0.5, 0.6) is 5.75 Å². The number of rotatable bonds is 13. The Morgan fingerprint density at radius 2 is 1.82 bits per heavy atom. The van der Waals surface area contributed by atoms with E-state index in [2.05, 4.69) is 25.8 Å². The molecule has 4 heterocycles. The van der Waals surface area contributed by atoms with Gasteiger partial charge in [-0.25, -0.2) is 9.97 Å². The summed E-state index contributed by atoms with van der Waals surface area (Å²) in [5.74, 6) is 0.366. The first-order valence-electron chi connectivity index (χ1n) is 19.5. The molecule has 57 heavy (non-hydrogen) atoms. The molecule has 16 heteroatoms. The monoisotopic (exact) mass is 800 g/mol. The van der Waals surface area contributed by atoms with Crippen molar-refractivity contribution < 1.29 is 33.5 Å². The minimum absolute atomic E-state index is 0. The highest BCUT2D eigenvalue weighted by Gasteiger charge is 2.42. The first-order chi connectivity index (χ1) is 27.1. The van der Waals surface area contributed by atoms with Gasteiger partial charge in [0.25, 0.3) is 11.8 Å². The molecule has 0 spiro atoms. The van der Waals surface area contributed by atoms with Crippen molar-refractivity contribution in [3.05, 3.63) is 70.7 Å². The quantitative estimate of drug-likeness (QED) is 0.167. The fourth-order valence-electron chi connectivity index (χ4n) is 8.34. The van der Waals surface area contributed by atoms with E-state index in [0.29, 0.717) is 71.9 Å². The van der Waals surface area contributed by atoms with Crippen LogP contribution in [0, 0.1) is 0 Å². The number of benzene rings is 2. The lowest BCUT2D eigenvalue weighted by Crippen LogP contribution is -2.55. The number of nitrogens with zero attached hydrogens (tertiary/aromatic N) is 5. The number of likely N-dealkylation sites (N-methyl/N-ethyl adjacent to an activating group) is 1. The second-order valence-corrected chi connectivity index (χ2v) is 14.9. The molecule has 2 atom stereocenters. The van der Waals surface area contributed by atoms with Crippen LogP contribution in [0.3, 0.4) is 0 Å². The van der Waals surface area contributed by atoms with Gasteiger partial charge in [-0.15, -0.1) is 12.4 Å². The number of carbonyl (C=O) groups is 6. The van der Waals surface area contributed by atoms with E-state index in [1.807, 2.05) is 13.0 Å². The molecule has 2 aromatic carbocycles. The van der Waals surface area contributed by atoms with Crippen LogP contribution in [0.25, 0.3) is 0 Å². The van der Waals surface area contributed by atoms with Crippen molar-refractivity contribution in [2.45, 2.75) is 102 Å². The van der Waals surface area contributed by atoms with Gasteiger partial charge < -0.3 is 30.1 Å². The van der Waals surface area contributed by atoms with Crippen molar-refractivity contribution in [3.63, 3.8) is 0 Å². The molecule has 0 radical (unpaired) electrons. The van der Waals surface area contributed by atoms with E-state index < -0.39 is 11.9 Å². The summed E-state index contributed by atoms with van der Waals surface area (Å²) in [6.45, 7) is 2.57. The predicted molar refractivity (Wildman–Crippen MR) is 215 cm³/mol. The number of hydrogen-bond donors (Lipinski definition) is 3. The maximum Gasteiger partial charge on any atom is 0.255 e. The smallest absolute Gasteiger partial charge is 0.255 e. The molecule has 3 aromatic rings. The zero-order chi connectivity index (χ0) is 39.5. The molecule has 4 aliphatic rings. The lowest BCUT2D eigenvalue weighted by atomic mass is 10.0. The third-order valence-corrected chi connectivity index (χ3v) is 11.3. The Kier molecular flexibility index (Phi) is 12.8. The Hall–Kier alpha value is -5.57. The maximum absolute atomic E-state index is 13.3. The van der Waals surface area contributed by atoms with Crippen molar-refractivity contribution in [1.29, 1.82) is 0 Å². The fourth-order valence-corrected chi connectivity index (χ4v) is 8.34. The van der Waals surface area contributed by atoms with Crippen LogP contribution in [0.1, 0.15) is 109 Å². The number of methoxy groups -OCH3 is 1. The van der Waals surface area contributed by atoms with Gasteiger partial charge in [-0.3, -0.25) is 34.1 Å². The van der Waals surface area contributed by atoms with Gasteiger partial charge in [-0.2, -0.15) is 0 Å². The molecule has 15 nitrogen and oxygen atoms in total. The number of hydrogen-bond acceptors (Lipinski definition) is 10. The second-order valence-electron chi connectivity index (χ2n) is 14.9. The van der Waals surface area contributed by atoms with Crippen molar-refractivity contribution in [1.82, 2.24) is 25.5 Å². The number of nitrogens with one attached hydrogen (secondary N) is 3. The Bertz CT molecular complexity index is 2070. The summed E-state index contributed by atoms with van der Waals surface area (Å²) >= 11 is 0. The molecular weight excluding hydrogens is 752 g/mol. The average molecular weight is 801 g/mol. The number of piperidine rings is 1. The Labute approximate surface area is 337 Å². The maximum atomic E-state index is 13.3. The van der Waals surface area contributed by atoms with Gasteiger partial charge in [0.15, 0.2) is 5.82 Å². The average Bonchev–Trinajstić information content (AvgIpc) is 3.85. The van der Waals surface area contributed by atoms with E-state index in [4.69, 9.17) is 9.72 Å². The Morgan fingerprint density at radius 3 is 2.56 bits per heavy atom. The number of fused-ring (bicyclic) bond motifs is 2. The fraction of sp³-hybridized carbons (Fsp3) is 0.463. The molecule has 3 N–H and O–H groups in total. The summed E-state index contributed by atoms with van der Waals surface area (Å²) in [5.41, 5.74) is 3.56. The van der Waals surface area contributed by atoms with Crippen molar-refractivity contribution in [2.75, 3.05) is 35.8 Å². The molecule has 6 amide bonds. The molecule has 1 saturated carbocycles. The van der Waals surface area contributed by atoms with Crippen LogP contribution < -0.4 is 30.5 Å². The van der Waals surface area contributed by atoms with Gasteiger partial charge in [0.2, 0.25) is 23.6 Å². The summed E-state index contributed by atoms with van der Waals surface area (Å²) in [6.07, 6.45) is 8.88. The number of aromatic nitrogens is 2.